The van der Waals surface area contributed by atoms with Gasteiger partial charge in [-0.05, 0) is 18.6 Å². The molecule has 0 saturated carbocycles. The molecule has 0 unspecified atom stereocenters. The first-order valence-electron chi connectivity index (χ1n) is 5.89. The SMILES string of the molecule is CCCCCOCc1ccc(C(=O)OC)cn1. The third-order valence-electron chi connectivity index (χ3n) is 2.39. The van der Waals surface area contributed by atoms with E-state index >= 15 is 0 Å². The van der Waals surface area contributed by atoms with E-state index in [4.69, 9.17) is 4.74 Å². The summed E-state index contributed by atoms with van der Waals surface area (Å²) in [7, 11) is 1.35. The van der Waals surface area contributed by atoms with Gasteiger partial charge in [-0.3, -0.25) is 4.98 Å². The molecule has 17 heavy (non-hydrogen) atoms. The van der Waals surface area contributed by atoms with Crippen molar-refractivity contribution in [3.8, 4) is 0 Å². The van der Waals surface area contributed by atoms with Crippen LogP contribution in [0.4, 0.5) is 0 Å². The summed E-state index contributed by atoms with van der Waals surface area (Å²) in [6, 6.07) is 3.48. The summed E-state index contributed by atoms with van der Waals surface area (Å²) >= 11 is 0. The smallest absolute Gasteiger partial charge is 0.339 e. The third kappa shape index (κ3) is 4.95. The van der Waals surface area contributed by atoms with Crippen molar-refractivity contribution in [3.05, 3.63) is 29.6 Å². The van der Waals surface area contributed by atoms with Crippen LogP contribution in [-0.4, -0.2) is 24.7 Å². The van der Waals surface area contributed by atoms with Crippen LogP contribution in [0.15, 0.2) is 18.3 Å². The molecule has 0 aromatic carbocycles. The standard InChI is InChI=1S/C13H19NO3/c1-3-4-5-8-17-10-12-7-6-11(9-14-12)13(15)16-2/h6-7,9H,3-5,8,10H2,1-2H3. The fourth-order valence-electron chi connectivity index (χ4n) is 1.38. The van der Waals surface area contributed by atoms with Crippen molar-refractivity contribution in [1.29, 1.82) is 0 Å². The Hall–Kier alpha value is -1.42. The molecule has 0 bridgehead atoms. The largest absolute Gasteiger partial charge is 0.465 e. The van der Waals surface area contributed by atoms with Crippen molar-refractivity contribution in [2.45, 2.75) is 32.8 Å². The van der Waals surface area contributed by atoms with Crippen LogP contribution in [0.5, 0.6) is 0 Å². The topological polar surface area (TPSA) is 48.4 Å². The van der Waals surface area contributed by atoms with Gasteiger partial charge >= 0.3 is 5.97 Å². The van der Waals surface area contributed by atoms with Crippen molar-refractivity contribution in [2.75, 3.05) is 13.7 Å². The Morgan fingerprint density at radius 1 is 1.35 bits per heavy atom. The lowest BCUT2D eigenvalue weighted by Gasteiger charge is -2.04. The number of hydrogen-bond acceptors (Lipinski definition) is 4. The zero-order valence-electron chi connectivity index (χ0n) is 10.4. The molecule has 0 aliphatic rings. The van der Waals surface area contributed by atoms with Crippen molar-refractivity contribution >= 4 is 5.97 Å². The lowest BCUT2D eigenvalue weighted by atomic mass is 10.2. The Kier molecular flexibility index (Phi) is 6.25. The summed E-state index contributed by atoms with van der Waals surface area (Å²) in [5, 5.41) is 0. The Morgan fingerprint density at radius 3 is 2.76 bits per heavy atom. The number of carbonyl (C=O) groups is 1. The number of unbranched alkanes of at least 4 members (excludes halogenated alkanes) is 2. The van der Waals surface area contributed by atoms with Crippen LogP contribution in [0.2, 0.25) is 0 Å². The van der Waals surface area contributed by atoms with Gasteiger partial charge in [0.1, 0.15) is 0 Å². The van der Waals surface area contributed by atoms with E-state index in [9.17, 15) is 4.79 Å². The van der Waals surface area contributed by atoms with Crippen LogP contribution in [-0.2, 0) is 16.1 Å². The van der Waals surface area contributed by atoms with E-state index in [1.165, 1.54) is 26.1 Å². The molecule has 1 aromatic heterocycles. The van der Waals surface area contributed by atoms with E-state index in [1.54, 1.807) is 12.1 Å². The fraction of sp³-hybridized carbons (Fsp3) is 0.538. The van der Waals surface area contributed by atoms with E-state index in [-0.39, 0.29) is 5.97 Å². The van der Waals surface area contributed by atoms with Crippen LogP contribution in [0.25, 0.3) is 0 Å². The molecule has 1 heterocycles. The molecule has 1 rings (SSSR count). The van der Waals surface area contributed by atoms with Gasteiger partial charge in [0.15, 0.2) is 0 Å². The summed E-state index contributed by atoms with van der Waals surface area (Å²) in [4.78, 5) is 15.3. The lowest BCUT2D eigenvalue weighted by molar-refractivity contribution is 0.0600. The molecule has 94 valence electrons. The van der Waals surface area contributed by atoms with Gasteiger partial charge in [-0.15, -0.1) is 0 Å². The van der Waals surface area contributed by atoms with Crippen LogP contribution in [0.1, 0.15) is 42.2 Å². The number of carbonyl (C=O) groups excluding carboxylic acids is 1. The molecule has 0 amide bonds. The molecular weight excluding hydrogens is 218 g/mol. The number of rotatable bonds is 7. The van der Waals surface area contributed by atoms with E-state index in [1.807, 2.05) is 0 Å². The molecule has 0 atom stereocenters. The monoisotopic (exact) mass is 237 g/mol. The zero-order valence-corrected chi connectivity index (χ0v) is 10.4. The minimum atomic E-state index is -0.368. The first kappa shape index (κ1) is 13.6. The van der Waals surface area contributed by atoms with Crippen molar-refractivity contribution in [1.82, 2.24) is 4.98 Å². The molecule has 4 nitrogen and oxygen atoms in total. The number of nitrogens with zero attached hydrogens (tertiary/aromatic N) is 1. The number of esters is 1. The molecule has 0 saturated heterocycles. The Balaban J connectivity index is 2.33. The van der Waals surface area contributed by atoms with Gasteiger partial charge in [-0.2, -0.15) is 0 Å². The first-order valence-corrected chi connectivity index (χ1v) is 5.89. The maximum atomic E-state index is 11.2. The number of aromatic nitrogens is 1. The van der Waals surface area contributed by atoms with E-state index < -0.39 is 0 Å². The van der Waals surface area contributed by atoms with Crippen molar-refractivity contribution in [3.63, 3.8) is 0 Å². The molecule has 0 aliphatic carbocycles. The second-order valence-electron chi connectivity index (χ2n) is 3.79. The predicted octanol–water partition coefficient (Wildman–Crippen LogP) is 2.58. The average Bonchev–Trinajstić information content (AvgIpc) is 2.38. The summed E-state index contributed by atoms with van der Waals surface area (Å²) in [6.45, 7) is 3.41. The maximum Gasteiger partial charge on any atom is 0.339 e. The highest BCUT2D eigenvalue weighted by molar-refractivity contribution is 5.88. The summed E-state index contributed by atoms with van der Waals surface area (Å²) < 4.78 is 10.1. The summed E-state index contributed by atoms with van der Waals surface area (Å²) in [5.74, 6) is -0.368. The van der Waals surface area contributed by atoms with Gasteiger partial charge in [0.2, 0.25) is 0 Å². The first-order chi connectivity index (χ1) is 8.27. The summed E-state index contributed by atoms with van der Waals surface area (Å²) in [6.07, 6.45) is 4.97. The molecule has 0 aliphatic heterocycles. The molecule has 0 spiro atoms. The highest BCUT2D eigenvalue weighted by Crippen LogP contribution is 2.04. The van der Waals surface area contributed by atoms with Crippen LogP contribution in [0, 0.1) is 0 Å². The lowest BCUT2D eigenvalue weighted by Crippen LogP contribution is -2.03. The van der Waals surface area contributed by atoms with Gasteiger partial charge in [-0.1, -0.05) is 19.8 Å². The van der Waals surface area contributed by atoms with Gasteiger partial charge in [0, 0.05) is 12.8 Å². The Morgan fingerprint density at radius 2 is 2.18 bits per heavy atom. The molecule has 1 aromatic rings. The van der Waals surface area contributed by atoms with Gasteiger partial charge in [0.05, 0.1) is 25.0 Å². The van der Waals surface area contributed by atoms with Gasteiger partial charge in [0.25, 0.3) is 0 Å². The Labute approximate surface area is 102 Å². The van der Waals surface area contributed by atoms with E-state index in [0.29, 0.717) is 12.2 Å². The van der Waals surface area contributed by atoms with Gasteiger partial charge in [-0.25, -0.2) is 4.79 Å². The number of hydrogen-bond donors (Lipinski definition) is 0. The quantitative estimate of drug-likeness (QED) is 0.540. The van der Waals surface area contributed by atoms with Crippen LogP contribution < -0.4 is 0 Å². The normalized spacial score (nSPS) is 10.2. The molecule has 4 heteroatoms. The molecular formula is C13H19NO3. The third-order valence-corrected chi connectivity index (χ3v) is 2.39. The van der Waals surface area contributed by atoms with Crippen LogP contribution >= 0.6 is 0 Å². The van der Waals surface area contributed by atoms with Crippen molar-refractivity contribution in [2.24, 2.45) is 0 Å². The highest BCUT2D eigenvalue weighted by Gasteiger charge is 2.05. The van der Waals surface area contributed by atoms with Crippen LogP contribution in [0.3, 0.4) is 0 Å². The summed E-state index contributed by atoms with van der Waals surface area (Å²) in [5.41, 5.74) is 1.29. The number of pyridine rings is 1. The average molecular weight is 237 g/mol. The highest BCUT2D eigenvalue weighted by atomic mass is 16.5. The van der Waals surface area contributed by atoms with Crippen molar-refractivity contribution < 1.29 is 14.3 Å². The van der Waals surface area contributed by atoms with E-state index in [2.05, 4.69) is 16.6 Å². The molecule has 0 radical (unpaired) electrons. The van der Waals surface area contributed by atoms with Gasteiger partial charge < -0.3 is 9.47 Å². The second kappa shape index (κ2) is 7.79. The van der Waals surface area contributed by atoms with E-state index in [0.717, 1.165) is 18.7 Å². The predicted molar refractivity (Wildman–Crippen MR) is 64.8 cm³/mol. The number of methoxy groups -OCH3 is 1. The second-order valence-corrected chi connectivity index (χ2v) is 3.79. The maximum absolute atomic E-state index is 11.2. The fourth-order valence-corrected chi connectivity index (χ4v) is 1.38. The molecule has 0 fully saturated rings. The minimum Gasteiger partial charge on any atom is -0.465 e. The zero-order chi connectivity index (χ0) is 12.5. The number of ether oxygens (including phenoxy) is 2. The molecule has 0 N–H and O–H groups in total. The Bertz CT molecular complexity index is 335. The minimum absolute atomic E-state index is 0.368.